The lowest BCUT2D eigenvalue weighted by Gasteiger charge is -2.39. The number of nitrogens with zero attached hydrogens (tertiary/aromatic N) is 2. The molecule has 0 atom stereocenters. The number of hydrogen-bond donors (Lipinski definition) is 1. The highest BCUT2D eigenvalue weighted by molar-refractivity contribution is 5.91. The van der Waals surface area contributed by atoms with E-state index >= 15 is 0 Å². The monoisotopic (exact) mass is 265 g/mol. The van der Waals surface area contributed by atoms with Gasteiger partial charge in [0, 0.05) is 38.2 Å². The molecule has 1 aliphatic heterocycles. The van der Waals surface area contributed by atoms with Crippen molar-refractivity contribution in [2.45, 2.75) is 6.54 Å². The van der Waals surface area contributed by atoms with Crippen LogP contribution < -0.4 is 10.5 Å². The lowest BCUT2D eigenvalue weighted by atomic mass is 10.00. The molecule has 19 heavy (non-hydrogen) atoms. The summed E-state index contributed by atoms with van der Waals surface area (Å²) in [5.41, 5.74) is 6.44. The van der Waals surface area contributed by atoms with E-state index in [4.69, 9.17) is 15.2 Å². The Kier molecular flexibility index (Phi) is 4.34. The number of rotatable bonds is 6. The maximum absolute atomic E-state index is 11.1. The highest BCUT2D eigenvalue weighted by Gasteiger charge is 2.27. The van der Waals surface area contributed by atoms with Crippen LogP contribution in [0.2, 0.25) is 0 Å². The van der Waals surface area contributed by atoms with Crippen molar-refractivity contribution in [3.05, 3.63) is 23.5 Å². The minimum absolute atomic E-state index is 0.268. The van der Waals surface area contributed by atoms with Gasteiger partial charge in [-0.2, -0.15) is 0 Å². The van der Waals surface area contributed by atoms with E-state index in [0.717, 1.165) is 31.8 Å². The van der Waals surface area contributed by atoms with Gasteiger partial charge in [0.25, 0.3) is 5.91 Å². The number of ether oxygens (including phenoxy) is 2. The lowest BCUT2D eigenvalue weighted by Crippen LogP contribution is -2.47. The van der Waals surface area contributed by atoms with E-state index in [-0.39, 0.29) is 5.69 Å². The van der Waals surface area contributed by atoms with Crippen LogP contribution in [-0.4, -0.2) is 49.7 Å². The number of likely N-dealkylation sites (tertiary alicyclic amines) is 1. The first kappa shape index (κ1) is 13.8. The first-order valence-electron chi connectivity index (χ1n) is 6.18. The minimum Gasteiger partial charge on any atom is -0.495 e. The van der Waals surface area contributed by atoms with Gasteiger partial charge in [-0.05, 0) is 6.07 Å². The van der Waals surface area contributed by atoms with Crippen molar-refractivity contribution in [1.82, 2.24) is 9.88 Å². The third kappa shape index (κ3) is 3.21. The fraction of sp³-hybridized carbons (Fsp3) is 0.538. The normalized spacial score (nSPS) is 16.1. The van der Waals surface area contributed by atoms with E-state index in [1.807, 2.05) is 0 Å². The van der Waals surface area contributed by atoms with Gasteiger partial charge in [0.1, 0.15) is 11.4 Å². The van der Waals surface area contributed by atoms with Gasteiger partial charge in [0.15, 0.2) is 0 Å². The summed E-state index contributed by atoms with van der Waals surface area (Å²) in [4.78, 5) is 17.4. The van der Waals surface area contributed by atoms with Gasteiger partial charge in [-0.1, -0.05) is 0 Å². The Bertz CT molecular complexity index is 458. The van der Waals surface area contributed by atoms with Crippen molar-refractivity contribution in [2.24, 2.45) is 11.7 Å². The Hall–Kier alpha value is -1.66. The zero-order chi connectivity index (χ0) is 13.8. The summed E-state index contributed by atoms with van der Waals surface area (Å²) in [5, 5.41) is 0. The summed E-state index contributed by atoms with van der Waals surface area (Å²) in [6, 6.07) is 1.70. The van der Waals surface area contributed by atoms with Crippen LogP contribution >= 0.6 is 0 Å². The van der Waals surface area contributed by atoms with E-state index < -0.39 is 5.91 Å². The number of pyridine rings is 1. The third-order valence-corrected chi connectivity index (χ3v) is 3.25. The maximum atomic E-state index is 11.1. The Labute approximate surface area is 112 Å². The summed E-state index contributed by atoms with van der Waals surface area (Å²) < 4.78 is 10.4. The molecule has 0 bridgehead atoms. The third-order valence-electron chi connectivity index (χ3n) is 3.25. The zero-order valence-corrected chi connectivity index (χ0v) is 11.3. The number of methoxy groups -OCH3 is 2. The number of carbonyl (C=O) groups excluding carboxylic acids is 1. The molecule has 6 nitrogen and oxygen atoms in total. The van der Waals surface area contributed by atoms with E-state index in [0.29, 0.717) is 11.7 Å². The van der Waals surface area contributed by atoms with Gasteiger partial charge in [-0.25, -0.2) is 4.98 Å². The average molecular weight is 265 g/mol. The molecule has 2 heterocycles. The van der Waals surface area contributed by atoms with E-state index in [2.05, 4.69) is 9.88 Å². The van der Waals surface area contributed by atoms with Crippen LogP contribution in [0.3, 0.4) is 0 Å². The summed E-state index contributed by atoms with van der Waals surface area (Å²) in [5.74, 6) is 0.749. The molecule has 0 aromatic carbocycles. The summed E-state index contributed by atoms with van der Waals surface area (Å²) in [6.45, 7) is 3.50. The van der Waals surface area contributed by atoms with E-state index in [1.165, 1.54) is 0 Å². The average Bonchev–Trinajstić information content (AvgIpc) is 2.36. The van der Waals surface area contributed by atoms with Crippen LogP contribution in [0.4, 0.5) is 0 Å². The Morgan fingerprint density at radius 1 is 1.53 bits per heavy atom. The predicted molar refractivity (Wildman–Crippen MR) is 69.9 cm³/mol. The summed E-state index contributed by atoms with van der Waals surface area (Å²) >= 11 is 0. The smallest absolute Gasteiger partial charge is 0.267 e. The van der Waals surface area contributed by atoms with Gasteiger partial charge in [-0.3, -0.25) is 9.69 Å². The van der Waals surface area contributed by atoms with Gasteiger partial charge >= 0.3 is 0 Å². The SMILES string of the molecule is COCC1CN(Cc2cc(C(N)=O)ncc2OC)C1. The second-order valence-corrected chi connectivity index (χ2v) is 4.76. The molecule has 1 aliphatic rings. The number of primary amides is 1. The molecule has 104 valence electrons. The molecule has 1 aromatic rings. The number of hydrogen-bond acceptors (Lipinski definition) is 5. The molecule has 2 rings (SSSR count). The number of amides is 1. The summed E-state index contributed by atoms with van der Waals surface area (Å²) in [7, 11) is 3.31. The van der Waals surface area contributed by atoms with Gasteiger partial charge in [-0.15, -0.1) is 0 Å². The van der Waals surface area contributed by atoms with Gasteiger partial charge in [0.05, 0.1) is 19.9 Å². The van der Waals surface area contributed by atoms with Crippen molar-refractivity contribution >= 4 is 5.91 Å². The molecule has 2 N–H and O–H groups in total. The molecule has 1 amide bonds. The topological polar surface area (TPSA) is 77.7 Å². The van der Waals surface area contributed by atoms with Crippen molar-refractivity contribution in [1.29, 1.82) is 0 Å². The molecule has 1 saturated heterocycles. The summed E-state index contributed by atoms with van der Waals surface area (Å²) in [6.07, 6.45) is 1.54. The van der Waals surface area contributed by atoms with E-state index in [9.17, 15) is 4.79 Å². The van der Waals surface area contributed by atoms with Crippen LogP contribution in [0.5, 0.6) is 5.75 Å². The Morgan fingerprint density at radius 3 is 2.84 bits per heavy atom. The first-order chi connectivity index (χ1) is 9.13. The highest BCUT2D eigenvalue weighted by Crippen LogP contribution is 2.24. The van der Waals surface area contributed by atoms with Gasteiger partial charge < -0.3 is 15.2 Å². The highest BCUT2D eigenvalue weighted by atomic mass is 16.5. The van der Waals surface area contributed by atoms with Crippen LogP contribution in [0.1, 0.15) is 16.1 Å². The van der Waals surface area contributed by atoms with Crippen LogP contribution in [0.25, 0.3) is 0 Å². The lowest BCUT2D eigenvalue weighted by molar-refractivity contribution is 0.0289. The molecule has 0 unspecified atom stereocenters. The van der Waals surface area contributed by atoms with Crippen molar-refractivity contribution < 1.29 is 14.3 Å². The molecule has 1 aromatic heterocycles. The molecule has 0 saturated carbocycles. The van der Waals surface area contributed by atoms with Crippen LogP contribution in [0.15, 0.2) is 12.3 Å². The van der Waals surface area contributed by atoms with Gasteiger partial charge in [0.2, 0.25) is 0 Å². The standard InChI is InChI=1S/C13H19N3O3/c1-18-8-9-5-16(6-9)7-10-3-11(13(14)17)15-4-12(10)19-2/h3-4,9H,5-8H2,1-2H3,(H2,14,17). The van der Waals surface area contributed by atoms with Crippen LogP contribution in [-0.2, 0) is 11.3 Å². The Balaban J connectivity index is 2.03. The molecular formula is C13H19N3O3. The second kappa shape index (κ2) is 5.99. The van der Waals surface area contributed by atoms with Crippen molar-refractivity contribution in [3.63, 3.8) is 0 Å². The van der Waals surface area contributed by atoms with Crippen molar-refractivity contribution in [3.8, 4) is 5.75 Å². The predicted octanol–water partition coefficient (Wildman–Crippen LogP) is 0.267. The maximum Gasteiger partial charge on any atom is 0.267 e. The fourth-order valence-corrected chi connectivity index (χ4v) is 2.31. The number of aromatic nitrogens is 1. The molecule has 1 fully saturated rings. The largest absolute Gasteiger partial charge is 0.495 e. The van der Waals surface area contributed by atoms with Crippen LogP contribution in [0, 0.1) is 5.92 Å². The second-order valence-electron chi connectivity index (χ2n) is 4.76. The molecule has 0 spiro atoms. The molecule has 0 radical (unpaired) electrons. The minimum atomic E-state index is -0.523. The quantitative estimate of drug-likeness (QED) is 0.798. The van der Waals surface area contributed by atoms with E-state index in [1.54, 1.807) is 26.5 Å². The Morgan fingerprint density at radius 2 is 2.26 bits per heavy atom. The fourth-order valence-electron chi connectivity index (χ4n) is 2.31. The number of nitrogens with two attached hydrogens (primary N) is 1. The zero-order valence-electron chi connectivity index (χ0n) is 11.3. The van der Waals surface area contributed by atoms with Crippen molar-refractivity contribution in [2.75, 3.05) is 33.9 Å². The molecule has 0 aliphatic carbocycles. The molecular weight excluding hydrogens is 246 g/mol. The number of carbonyl (C=O) groups is 1. The molecule has 6 heteroatoms. The first-order valence-corrected chi connectivity index (χ1v) is 6.18.